The first-order valence-corrected chi connectivity index (χ1v) is 4.97. The molecule has 1 unspecified atom stereocenters. The Morgan fingerprint density at radius 2 is 2.29 bits per heavy atom. The van der Waals surface area contributed by atoms with E-state index in [1.54, 1.807) is 12.4 Å². The van der Waals surface area contributed by atoms with Crippen LogP contribution in [-0.4, -0.2) is 16.6 Å². The van der Waals surface area contributed by atoms with E-state index in [0.29, 0.717) is 6.42 Å². The molecule has 78 valence electrons. The van der Waals surface area contributed by atoms with Crippen molar-refractivity contribution in [3.63, 3.8) is 0 Å². The molecule has 3 nitrogen and oxygen atoms in total. The minimum atomic E-state index is -0.910. The molecule has 0 spiro atoms. The zero-order valence-corrected chi connectivity index (χ0v) is 8.83. The van der Waals surface area contributed by atoms with E-state index in [1.165, 1.54) is 0 Å². The number of aromatic nitrogens is 1. The third-order valence-corrected chi connectivity index (χ3v) is 2.54. The van der Waals surface area contributed by atoms with Crippen molar-refractivity contribution in [3.05, 3.63) is 29.6 Å². The van der Waals surface area contributed by atoms with Gasteiger partial charge in [0, 0.05) is 24.5 Å². The van der Waals surface area contributed by atoms with Crippen LogP contribution in [0.15, 0.2) is 18.5 Å². The SMILES string of the molecule is CCCC(O)(CN)c1cnccc1C. The summed E-state index contributed by atoms with van der Waals surface area (Å²) in [5.74, 6) is 0. The van der Waals surface area contributed by atoms with E-state index in [0.717, 1.165) is 17.5 Å². The predicted molar refractivity (Wildman–Crippen MR) is 56.8 cm³/mol. The van der Waals surface area contributed by atoms with Crippen molar-refractivity contribution in [2.75, 3.05) is 6.54 Å². The van der Waals surface area contributed by atoms with E-state index in [9.17, 15) is 5.11 Å². The van der Waals surface area contributed by atoms with Crippen LogP contribution < -0.4 is 5.73 Å². The highest BCUT2D eigenvalue weighted by molar-refractivity contribution is 5.28. The molecular weight excluding hydrogens is 176 g/mol. The van der Waals surface area contributed by atoms with Crippen LogP contribution in [0.5, 0.6) is 0 Å². The summed E-state index contributed by atoms with van der Waals surface area (Å²) in [6.07, 6.45) is 5.01. The fraction of sp³-hybridized carbons (Fsp3) is 0.545. The molecule has 1 aromatic rings. The monoisotopic (exact) mass is 194 g/mol. The van der Waals surface area contributed by atoms with Crippen molar-refractivity contribution >= 4 is 0 Å². The summed E-state index contributed by atoms with van der Waals surface area (Å²) >= 11 is 0. The highest BCUT2D eigenvalue weighted by atomic mass is 16.3. The van der Waals surface area contributed by atoms with Gasteiger partial charge in [-0.2, -0.15) is 0 Å². The molecule has 3 heteroatoms. The van der Waals surface area contributed by atoms with E-state index in [2.05, 4.69) is 4.98 Å². The normalized spacial score (nSPS) is 15.1. The van der Waals surface area contributed by atoms with Gasteiger partial charge in [-0.3, -0.25) is 4.98 Å². The standard InChI is InChI=1S/C11H18N2O/c1-3-5-11(14,8-12)10-7-13-6-4-9(10)2/h4,6-7,14H,3,5,8,12H2,1-2H3. The Kier molecular flexibility index (Phi) is 3.61. The lowest BCUT2D eigenvalue weighted by Gasteiger charge is -2.27. The first kappa shape index (κ1) is 11.1. The first-order chi connectivity index (χ1) is 6.64. The Morgan fingerprint density at radius 1 is 1.57 bits per heavy atom. The van der Waals surface area contributed by atoms with Gasteiger partial charge < -0.3 is 10.8 Å². The summed E-state index contributed by atoms with van der Waals surface area (Å²) in [6, 6.07) is 1.89. The van der Waals surface area contributed by atoms with Gasteiger partial charge in [-0.25, -0.2) is 0 Å². The lowest BCUT2D eigenvalue weighted by molar-refractivity contribution is 0.0350. The number of hydrogen-bond donors (Lipinski definition) is 2. The van der Waals surface area contributed by atoms with Crippen LogP contribution in [-0.2, 0) is 5.60 Å². The zero-order chi connectivity index (χ0) is 10.6. The maximum atomic E-state index is 10.3. The molecule has 0 aromatic carbocycles. The molecule has 0 amide bonds. The van der Waals surface area contributed by atoms with E-state index >= 15 is 0 Å². The second-order valence-electron chi connectivity index (χ2n) is 3.68. The molecular formula is C11H18N2O. The molecule has 0 saturated carbocycles. The fourth-order valence-electron chi connectivity index (χ4n) is 1.71. The van der Waals surface area contributed by atoms with Gasteiger partial charge in [-0.05, 0) is 25.0 Å². The van der Waals surface area contributed by atoms with Crippen LogP contribution >= 0.6 is 0 Å². The number of pyridine rings is 1. The number of aliphatic hydroxyl groups is 1. The van der Waals surface area contributed by atoms with E-state index in [1.807, 2.05) is 19.9 Å². The van der Waals surface area contributed by atoms with Gasteiger partial charge in [-0.15, -0.1) is 0 Å². The van der Waals surface area contributed by atoms with Crippen LogP contribution in [0.1, 0.15) is 30.9 Å². The number of hydrogen-bond acceptors (Lipinski definition) is 3. The summed E-state index contributed by atoms with van der Waals surface area (Å²) in [6.45, 7) is 4.24. The van der Waals surface area contributed by atoms with Crippen molar-refractivity contribution < 1.29 is 5.11 Å². The summed E-state index contributed by atoms with van der Waals surface area (Å²) < 4.78 is 0. The second-order valence-corrected chi connectivity index (χ2v) is 3.68. The lowest BCUT2D eigenvalue weighted by atomic mass is 9.88. The lowest BCUT2D eigenvalue weighted by Crippen LogP contribution is -2.35. The van der Waals surface area contributed by atoms with Crippen LogP contribution in [0.4, 0.5) is 0 Å². The van der Waals surface area contributed by atoms with E-state index in [4.69, 9.17) is 5.73 Å². The molecule has 0 aliphatic heterocycles. The van der Waals surface area contributed by atoms with E-state index < -0.39 is 5.60 Å². The number of rotatable bonds is 4. The topological polar surface area (TPSA) is 59.1 Å². The van der Waals surface area contributed by atoms with Crippen LogP contribution in [0.2, 0.25) is 0 Å². The van der Waals surface area contributed by atoms with Crippen LogP contribution in [0.3, 0.4) is 0 Å². The average Bonchev–Trinajstić information content (AvgIpc) is 2.18. The first-order valence-electron chi connectivity index (χ1n) is 4.97. The molecule has 1 heterocycles. The molecule has 1 rings (SSSR count). The Morgan fingerprint density at radius 3 is 2.79 bits per heavy atom. The Bertz CT molecular complexity index is 301. The van der Waals surface area contributed by atoms with Crippen molar-refractivity contribution in [1.29, 1.82) is 0 Å². The molecule has 0 aliphatic carbocycles. The third-order valence-electron chi connectivity index (χ3n) is 2.54. The maximum absolute atomic E-state index is 10.3. The number of nitrogens with two attached hydrogens (primary N) is 1. The molecule has 0 fully saturated rings. The van der Waals surface area contributed by atoms with Crippen molar-refractivity contribution in [2.24, 2.45) is 5.73 Å². The third kappa shape index (κ3) is 2.11. The highest BCUT2D eigenvalue weighted by Crippen LogP contribution is 2.27. The predicted octanol–water partition coefficient (Wildman–Crippen LogP) is 1.34. The van der Waals surface area contributed by atoms with Crippen molar-refractivity contribution in [2.45, 2.75) is 32.3 Å². The molecule has 1 aromatic heterocycles. The van der Waals surface area contributed by atoms with Gasteiger partial charge in [0.1, 0.15) is 5.60 Å². The van der Waals surface area contributed by atoms with Gasteiger partial charge in [0.25, 0.3) is 0 Å². The van der Waals surface area contributed by atoms with Crippen LogP contribution in [0.25, 0.3) is 0 Å². The van der Waals surface area contributed by atoms with Gasteiger partial charge in [0.15, 0.2) is 0 Å². The second kappa shape index (κ2) is 4.53. The molecule has 1 atom stereocenters. The van der Waals surface area contributed by atoms with Crippen LogP contribution in [0, 0.1) is 6.92 Å². The van der Waals surface area contributed by atoms with Gasteiger partial charge >= 0.3 is 0 Å². The Balaban J connectivity index is 3.05. The van der Waals surface area contributed by atoms with Gasteiger partial charge in [0.05, 0.1) is 0 Å². The van der Waals surface area contributed by atoms with Gasteiger partial charge in [0.2, 0.25) is 0 Å². The molecule has 0 radical (unpaired) electrons. The average molecular weight is 194 g/mol. The summed E-state index contributed by atoms with van der Waals surface area (Å²) in [4.78, 5) is 4.03. The maximum Gasteiger partial charge on any atom is 0.103 e. The largest absolute Gasteiger partial charge is 0.384 e. The molecule has 14 heavy (non-hydrogen) atoms. The molecule has 3 N–H and O–H groups in total. The molecule has 0 aliphatic rings. The van der Waals surface area contributed by atoms with Crippen molar-refractivity contribution in [3.8, 4) is 0 Å². The minimum absolute atomic E-state index is 0.243. The molecule has 0 bridgehead atoms. The van der Waals surface area contributed by atoms with E-state index in [-0.39, 0.29) is 6.54 Å². The summed E-state index contributed by atoms with van der Waals surface area (Å²) in [7, 11) is 0. The minimum Gasteiger partial charge on any atom is -0.384 e. The van der Waals surface area contributed by atoms with Crippen molar-refractivity contribution in [1.82, 2.24) is 4.98 Å². The molecule has 0 saturated heterocycles. The Labute approximate surface area is 85.0 Å². The number of nitrogens with zero attached hydrogens (tertiary/aromatic N) is 1. The summed E-state index contributed by atoms with van der Waals surface area (Å²) in [5, 5.41) is 10.3. The highest BCUT2D eigenvalue weighted by Gasteiger charge is 2.28. The number of aryl methyl sites for hydroxylation is 1. The van der Waals surface area contributed by atoms with Gasteiger partial charge in [-0.1, -0.05) is 13.3 Å². The zero-order valence-electron chi connectivity index (χ0n) is 8.83. The quantitative estimate of drug-likeness (QED) is 0.760. The smallest absolute Gasteiger partial charge is 0.103 e. The summed E-state index contributed by atoms with van der Waals surface area (Å²) in [5.41, 5.74) is 6.60. The Hall–Kier alpha value is -0.930. The fourth-order valence-corrected chi connectivity index (χ4v) is 1.71.